The van der Waals surface area contributed by atoms with Crippen molar-refractivity contribution in [2.45, 2.75) is 57.1 Å². The first-order valence-electron chi connectivity index (χ1n) is 9.75. The minimum Gasteiger partial charge on any atom is -0.420 e. The van der Waals surface area contributed by atoms with Gasteiger partial charge < -0.3 is 14.1 Å². The Kier molecular flexibility index (Phi) is 3.82. The third-order valence-electron chi connectivity index (χ3n) is 6.42. The van der Waals surface area contributed by atoms with E-state index in [1.807, 2.05) is 24.0 Å². The molecule has 142 valence electrons. The van der Waals surface area contributed by atoms with Gasteiger partial charge in [-0.1, -0.05) is 0 Å². The van der Waals surface area contributed by atoms with E-state index >= 15 is 0 Å². The number of pyridine rings is 1. The van der Waals surface area contributed by atoms with Crippen molar-refractivity contribution in [3.05, 3.63) is 40.9 Å². The largest absolute Gasteiger partial charge is 0.420 e. The lowest BCUT2D eigenvalue weighted by atomic mass is 9.67. The van der Waals surface area contributed by atoms with Crippen molar-refractivity contribution in [2.75, 3.05) is 13.7 Å². The van der Waals surface area contributed by atoms with Crippen LogP contribution in [0.4, 0.5) is 0 Å². The van der Waals surface area contributed by atoms with E-state index in [1.54, 1.807) is 7.11 Å². The number of aromatic nitrogens is 3. The van der Waals surface area contributed by atoms with Crippen molar-refractivity contribution in [2.24, 2.45) is 5.92 Å². The summed E-state index contributed by atoms with van der Waals surface area (Å²) in [6, 6.07) is 3.96. The Morgan fingerprint density at radius 2 is 2.15 bits per heavy atom. The summed E-state index contributed by atoms with van der Waals surface area (Å²) in [4.78, 5) is 20.1. The number of amides is 1. The molecule has 2 aromatic heterocycles. The van der Waals surface area contributed by atoms with Crippen LogP contribution in [-0.4, -0.2) is 39.6 Å². The molecule has 2 aromatic rings. The van der Waals surface area contributed by atoms with E-state index in [4.69, 9.17) is 14.1 Å². The molecule has 5 rings (SSSR count). The van der Waals surface area contributed by atoms with E-state index in [0.717, 1.165) is 37.2 Å². The molecule has 1 aliphatic heterocycles. The molecule has 2 saturated carbocycles. The van der Waals surface area contributed by atoms with Crippen molar-refractivity contribution in [3.63, 3.8) is 0 Å². The fourth-order valence-electron chi connectivity index (χ4n) is 4.69. The molecule has 1 amide bonds. The van der Waals surface area contributed by atoms with Crippen LogP contribution in [0.25, 0.3) is 0 Å². The van der Waals surface area contributed by atoms with Crippen LogP contribution in [0, 0.1) is 12.8 Å². The van der Waals surface area contributed by atoms with Crippen LogP contribution in [0.3, 0.4) is 0 Å². The number of carbonyl (C=O) groups excluding carboxylic acids is 1. The monoisotopic (exact) mass is 368 g/mol. The molecule has 0 unspecified atom stereocenters. The summed E-state index contributed by atoms with van der Waals surface area (Å²) in [5, 5.41) is 8.37. The molecule has 2 atom stereocenters. The summed E-state index contributed by atoms with van der Waals surface area (Å²) in [6.45, 7) is 2.94. The van der Waals surface area contributed by atoms with Crippen LogP contribution >= 0.6 is 0 Å². The Hall–Kier alpha value is -2.28. The molecule has 0 radical (unpaired) electrons. The number of methoxy groups -OCH3 is 1. The smallest absolute Gasteiger partial charge is 0.256 e. The fraction of sp³-hybridized carbons (Fsp3) is 0.600. The first-order valence-corrected chi connectivity index (χ1v) is 9.75. The number of fused-ring (bicyclic) bond motifs is 1. The van der Waals surface area contributed by atoms with Gasteiger partial charge in [0.05, 0.1) is 11.3 Å². The van der Waals surface area contributed by atoms with Gasteiger partial charge in [-0.3, -0.25) is 9.78 Å². The number of hydrogen-bond acceptors (Lipinski definition) is 6. The molecule has 3 heterocycles. The zero-order chi connectivity index (χ0) is 18.6. The third-order valence-corrected chi connectivity index (χ3v) is 6.42. The van der Waals surface area contributed by atoms with Crippen molar-refractivity contribution in [1.29, 1.82) is 0 Å². The van der Waals surface area contributed by atoms with Crippen LogP contribution in [0.2, 0.25) is 0 Å². The van der Waals surface area contributed by atoms with Crippen LogP contribution in [0.1, 0.15) is 71.5 Å². The molecule has 0 aromatic carbocycles. The Labute approximate surface area is 158 Å². The quantitative estimate of drug-likeness (QED) is 0.807. The zero-order valence-corrected chi connectivity index (χ0v) is 15.8. The maximum absolute atomic E-state index is 13.4. The van der Waals surface area contributed by atoms with Gasteiger partial charge in [0.25, 0.3) is 5.91 Å². The van der Waals surface area contributed by atoms with Gasteiger partial charge in [0.15, 0.2) is 0 Å². The summed E-state index contributed by atoms with van der Waals surface area (Å²) in [5.74, 6) is 2.00. The van der Waals surface area contributed by atoms with E-state index in [-0.39, 0.29) is 12.5 Å². The van der Waals surface area contributed by atoms with E-state index < -0.39 is 5.54 Å². The van der Waals surface area contributed by atoms with Gasteiger partial charge in [0.2, 0.25) is 11.8 Å². The van der Waals surface area contributed by atoms with Gasteiger partial charge in [-0.25, -0.2) is 0 Å². The number of rotatable bonds is 5. The molecular formula is C20H24N4O3. The minimum atomic E-state index is -0.461. The van der Waals surface area contributed by atoms with Crippen molar-refractivity contribution < 1.29 is 13.9 Å². The SMILES string of the molecule is COCc1nnc([C@]23CC[C@H]2CCN3C(=O)c2ccc(C3CC3)nc2C)o1. The zero-order valence-electron chi connectivity index (χ0n) is 15.8. The molecule has 2 aliphatic carbocycles. The highest BCUT2D eigenvalue weighted by Crippen LogP contribution is 2.56. The molecule has 1 saturated heterocycles. The van der Waals surface area contributed by atoms with Gasteiger partial charge >= 0.3 is 0 Å². The molecule has 3 aliphatic rings. The minimum absolute atomic E-state index is 0.0241. The fourth-order valence-corrected chi connectivity index (χ4v) is 4.69. The standard InChI is InChI=1S/C20H24N4O3/c1-12-15(5-6-16(21-12)13-3-4-13)18(25)24-10-8-14-7-9-20(14,24)19-23-22-17(27-19)11-26-2/h5-6,13-14H,3-4,7-11H2,1-2H3/t14-,20-/m0/s1. The van der Waals surface area contributed by atoms with E-state index in [0.29, 0.717) is 29.2 Å². The molecular weight excluding hydrogens is 344 g/mol. The molecule has 7 heteroatoms. The number of aryl methyl sites for hydroxylation is 1. The summed E-state index contributed by atoms with van der Waals surface area (Å²) < 4.78 is 11.0. The second kappa shape index (κ2) is 6.12. The highest BCUT2D eigenvalue weighted by molar-refractivity contribution is 5.96. The number of nitrogens with zero attached hydrogens (tertiary/aromatic N) is 4. The second-order valence-corrected chi connectivity index (χ2v) is 7.98. The number of carbonyl (C=O) groups is 1. The van der Waals surface area contributed by atoms with E-state index in [2.05, 4.69) is 10.2 Å². The van der Waals surface area contributed by atoms with Gasteiger partial charge in [0, 0.05) is 25.3 Å². The topological polar surface area (TPSA) is 81.4 Å². The van der Waals surface area contributed by atoms with Gasteiger partial charge in [-0.05, 0) is 57.1 Å². The first-order chi connectivity index (χ1) is 13.1. The lowest BCUT2D eigenvalue weighted by molar-refractivity contribution is -0.00467. The Bertz CT molecular complexity index is 891. The van der Waals surface area contributed by atoms with Crippen molar-refractivity contribution in [1.82, 2.24) is 20.1 Å². The maximum atomic E-state index is 13.4. The van der Waals surface area contributed by atoms with Crippen LogP contribution in [0.15, 0.2) is 16.5 Å². The van der Waals surface area contributed by atoms with Crippen molar-refractivity contribution >= 4 is 5.91 Å². The Balaban J connectivity index is 1.47. The lowest BCUT2D eigenvalue weighted by Gasteiger charge is -2.47. The predicted molar refractivity (Wildman–Crippen MR) is 96.0 cm³/mol. The summed E-state index contributed by atoms with van der Waals surface area (Å²) >= 11 is 0. The van der Waals surface area contributed by atoms with Gasteiger partial charge in [-0.2, -0.15) is 0 Å². The Morgan fingerprint density at radius 1 is 1.30 bits per heavy atom. The van der Waals surface area contributed by atoms with Crippen LogP contribution < -0.4 is 0 Å². The van der Waals surface area contributed by atoms with Gasteiger partial charge in [0.1, 0.15) is 12.1 Å². The highest BCUT2D eigenvalue weighted by atomic mass is 16.5. The summed E-state index contributed by atoms with van der Waals surface area (Å²) in [7, 11) is 1.60. The maximum Gasteiger partial charge on any atom is 0.256 e. The van der Waals surface area contributed by atoms with Gasteiger partial charge in [-0.15, -0.1) is 10.2 Å². The second-order valence-electron chi connectivity index (χ2n) is 7.98. The molecule has 0 bridgehead atoms. The molecule has 0 spiro atoms. The van der Waals surface area contributed by atoms with Crippen LogP contribution in [-0.2, 0) is 16.9 Å². The lowest BCUT2D eigenvalue weighted by Crippen LogP contribution is -2.54. The Morgan fingerprint density at radius 3 is 2.81 bits per heavy atom. The number of likely N-dealkylation sites (tertiary alicyclic amines) is 1. The number of ether oxygens (including phenoxy) is 1. The molecule has 27 heavy (non-hydrogen) atoms. The molecule has 7 nitrogen and oxygen atoms in total. The van der Waals surface area contributed by atoms with E-state index in [1.165, 1.54) is 12.8 Å². The van der Waals surface area contributed by atoms with Crippen LogP contribution in [0.5, 0.6) is 0 Å². The summed E-state index contributed by atoms with van der Waals surface area (Å²) in [5.41, 5.74) is 2.15. The molecule has 3 fully saturated rings. The number of hydrogen-bond donors (Lipinski definition) is 0. The normalized spacial score (nSPS) is 26.7. The average molecular weight is 368 g/mol. The highest BCUT2D eigenvalue weighted by Gasteiger charge is 2.61. The van der Waals surface area contributed by atoms with E-state index in [9.17, 15) is 4.79 Å². The predicted octanol–water partition coefficient (Wildman–Crippen LogP) is 2.95. The third kappa shape index (κ3) is 2.51. The first kappa shape index (κ1) is 16.9. The average Bonchev–Trinajstić information content (AvgIpc) is 3.33. The summed E-state index contributed by atoms with van der Waals surface area (Å²) in [6.07, 6.45) is 5.34. The molecule has 0 N–H and O–H groups in total. The van der Waals surface area contributed by atoms with Crippen molar-refractivity contribution in [3.8, 4) is 0 Å².